The van der Waals surface area contributed by atoms with E-state index in [4.69, 9.17) is 4.52 Å². The highest BCUT2D eigenvalue weighted by Crippen LogP contribution is 2.23. The summed E-state index contributed by atoms with van der Waals surface area (Å²) in [5, 5.41) is 17.4. The van der Waals surface area contributed by atoms with Crippen molar-refractivity contribution in [2.75, 3.05) is 18.9 Å². The summed E-state index contributed by atoms with van der Waals surface area (Å²) >= 11 is 0. The summed E-state index contributed by atoms with van der Waals surface area (Å²) in [7, 11) is 1.86. The van der Waals surface area contributed by atoms with Gasteiger partial charge in [0, 0.05) is 31.6 Å². The molecule has 0 atom stereocenters. The van der Waals surface area contributed by atoms with Crippen LogP contribution in [0.3, 0.4) is 0 Å². The number of carbonyl (C=O) groups excluding carboxylic acids is 1. The van der Waals surface area contributed by atoms with E-state index in [2.05, 4.69) is 10.5 Å². The number of hydrogen-bond donors (Lipinski definition) is 1. The molecule has 0 unspecified atom stereocenters. The second-order valence-corrected chi connectivity index (χ2v) is 5.24. The Kier molecular flexibility index (Phi) is 5.42. The van der Waals surface area contributed by atoms with E-state index in [0.29, 0.717) is 13.1 Å². The number of hydrogen-bond acceptors (Lipinski definition) is 6. The lowest BCUT2D eigenvalue weighted by Gasteiger charge is -2.14. The molecule has 1 N–H and O–H groups in total. The first-order chi connectivity index (χ1) is 11.0. The molecule has 0 spiro atoms. The molecule has 0 aliphatic carbocycles. The van der Waals surface area contributed by atoms with E-state index in [0.717, 1.165) is 11.5 Å². The topological polar surface area (TPSA) is 102 Å². The Balaban J connectivity index is 1.84. The van der Waals surface area contributed by atoms with Crippen molar-refractivity contribution >= 4 is 17.3 Å². The number of anilines is 1. The van der Waals surface area contributed by atoms with Crippen LogP contribution >= 0.6 is 0 Å². The molecule has 2 rings (SSSR count). The molecule has 0 fully saturated rings. The van der Waals surface area contributed by atoms with Crippen molar-refractivity contribution in [1.29, 1.82) is 0 Å². The summed E-state index contributed by atoms with van der Waals surface area (Å²) in [6, 6.07) is 7.90. The van der Waals surface area contributed by atoms with Crippen LogP contribution in [0.1, 0.15) is 17.9 Å². The second kappa shape index (κ2) is 7.50. The zero-order valence-electron chi connectivity index (χ0n) is 13.0. The molecule has 0 aliphatic heterocycles. The van der Waals surface area contributed by atoms with Crippen LogP contribution in [0.2, 0.25) is 0 Å². The zero-order valence-corrected chi connectivity index (χ0v) is 13.0. The number of amides is 1. The number of nitrogens with zero attached hydrogens (tertiary/aromatic N) is 3. The van der Waals surface area contributed by atoms with Crippen LogP contribution in [0, 0.1) is 17.0 Å². The summed E-state index contributed by atoms with van der Waals surface area (Å²) in [6.45, 7) is 2.88. The molecule has 122 valence electrons. The molecule has 0 aliphatic rings. The van der Waals surface area contributed by atoms with E-state index in [9.17, 15) is 14.9 Å². The number of rotatable bonds is 7. The number of nitro benzene ring substituents is 1. The Morgan fingerprint density at radius 1 is 1.43 bits per heavy atom. The molecule has 1 amide bonds. The van der Waals surface area contributed by atoms with Gasteiger partial charge in [-0.3, -0.25) is 19.8 Å². The van der Waals surface area contributed by atoms with Crippen molar-refractivity contribution in [2.45, 2.75) is 19.9 Å². The molecule has 23 heavy (non-hydrogen) atoms. The molecular formula is C15H18N4O4. The quantitative estimate of drug-likeness (QED) is 0.621. The molecule has 1 aromatic heterocycles. The zero-order chi connectivity index (χ0) is 16.8. The highest BCUT2D eigenvalue weighted by molar-refractivity contribution is 5.93. The molecule has 1 heterocycles. The SMILES string of the molecule is Cc1cc(CN(C)CCC(=O)Nc2ccccc2[N+](=O)[O-])no1. The summed E-state index contributed by atoms with van der Waals surface area (Å²) in [6.07, 6.45) is 0.222. The van der Waals surface area contributed by atoms with Crippen molar-refractivity contribution in [2.24, 2.45) is 0 Å². The van der Waals surface area contributed by atoms with E-state index in [-0.39, 0.29) is 23.7 Å². The third-order valence-corrected chi connectivity index (χ3v) is 3.20. The smallest absolute Gasteiger partial charge is 0.292 e. The predicted molar refractivity (Wildman–Crippen MR) is 83.9 cm³/mol. The standard InChI is InChI=1S/C15H18N4O4/c1-11-9-12(17-23-11)10-18(2)8-7-15(20)16-13-5-3-4-6-14(13)19(21)22/h3-6,9H,7-8,10H2,1-2H3,(H,16,20). The molecule has 0 radical (unpaired) electrons. The minimum Gasteiger partial charge on any atom is -0.361 e. The highest BCUT2D eigenvalue weighted by atomic mass is 16.6. The first-order valence-electron chi connectivity index (χ1n) is 7.09. The Morgan fingerprint density at radius 3 is 2.83 bits per heavy atom. The number of aromatic nitrogens is 1. The molecule has 2 aromatic rings. The lowest BCUT2D eigenvalue weighted by Crippen LogP contribution is -2.24. The molecule has 1 aromatic carbocycles. The molecule has 0 bridgehead atoms. The van der Waals surface area contributed by atoms with Gasteiger partial charge in [0.25, 0.3) is 5.69 Å². The lowest BCUT2D eigenvalue weighted by atomic mass is 10.2. The van der Waals surface area contributed by atoms with E-state index in [1.54, 1.807) is 12.1 Å². The summed E-state index contributed by atoms with van der Waals surface area (Å²) in [5.74, 6) is 0.463. The Labute approximate surface area is 133 Å². The lowest BCUT2D eigenvalue weighted by molar-refractivity contribution is -0.383. The fourth-order valence-electron chi connectivity index (χ4n) is 2.09. The molecular weight excluding hydrogens is 300 g/mol. The van der Waals surface area contributed by atoms with Gasteiger partial charge in [-0.15, -0.1) is 0 Å². The van der Waals surface area contributed by atoms with Gasteiger partial charge in [0.15, 0.2) is 0 Å². The first kappa shape index (κ1) is 16.6. The van der Waals surface area contributed by atoms with Crippen LogP contribution in [-0.2, 0) is 11.3 Å². The maximum Gasteiger partial charge on any atom is 0.292 e. The first-order valence-corrected chi connectivity index (χ1v) is 7.09. The Bertz CT molecular complexity index is 698. The van der Waals surface area contributed by atoms with Gasteiger partial charge >= 0.3 is 0 Å². The average molecular weight is 318 g/mol. The number of aryl methyl sites for hydroxylation is 1. The van der Waals surface area contributed by atoms with Gasteiger partial charge in [-0.2, -0.15) is 0 Å². The van der Waals surface area contributed by atoms with Gasteiger partial charge in [0.2, 0.25) is 5.91 Å². The van der Waals surface area contributed by atoms with Crippen LogP contribution in [0.4, 0.5) is 11.4 Å². The maximum atomic E-state index is 12.0. The van der Waals surface area contributed by atoms with Crippen molar-refractivity contribution in [3.8, 4) is 0 Å². The van der Waals surface area contributed by atoms with Crippen molar-refractivity contribution in [1.82, 2.24) is 10.1 Å². The predicted octanol–water partition coefficient (Wildman–Crippen LogP) is 2.35. The monoisotopic (exact) mass is 318 g/mol. The van der Waals surface area contributed by atoms with Crippen LogP contribution in [0.15, 0.2) is 34.9 Å². The molecule has 0 saturated heterocycles. The normalized spacial score (nSPS) is 10.7. The molecule has 8 heteroatoms. The van der Waals surface area contributed by atoms with Gasteiger partial charge in [-0.25, -0.2) is 0 Å². The Hall–Kier alpha value is -2.74. The third-order valence-electron chi connectivity index (χ3n) is 3.20. The second-order valence-electron chi connectivity index (χ2n) is 5.24. The van der Waals surface area contributed by atoms with E-state index in [1.165, 1.54) is 12.1 Å². The number of carbonyl (C=O) groups is 1. The summed E-state index contributed by atoms with van der Waals surface area (Å²) in [5.41, 5.74) is 0.883. The van der Waals surface area contributed by atoms with Crippen molar-refractivity contribution < 1.29 is 14.2 Å². The average Bonchev–Trinajstić information content (AvgIpc) is 2.90. The Morgan fingerprint density at radius 2 is 2.17 bits per heavy atom. The van der Waals surface area contributed by atoms with E-state index >= 15 is 0 Å². The van der Waals surface area contributed by atoms with Gasteiger partial charge in [-0.1, -0.05) is 17.3 Å². The number of benzene rings is 1. The third kappa shape index (κ3) is 4.89. The minimum atomic E-state index is -0.519. The highest BCUT2D eigenvalue weighted by Gasteiger charge is 2.15. The van der Waals surface area contributed by atoms with Crippen molar-refractivity contribution in [3.63, 3.8) is 0 Å². The van der Waals surface area contributed by atoms with Crippen LogP contribution in [0.5, 0.6) is 0 Å². The van der Waals surface area contributed by atoms with Crippen LogP contribution in [0.25, 0.3) is 0 Å². The maximum absolute atomic E-state index is 12.0. The molecule has 8 nitrogen and oxygen atoms in total. The van der Waals surface area contributed by atoms with E-state index < -0.39 is 4.92 Å². The summed E-state index contributed by atoms with van der Waals surface area (Å²) < 4.78 is 4.99. The van der Waals surface area contributed by atoms with Gasteiger partial charge in [0.1, 0.15) is 11.4 Å². The number of nitro groups is 1. The number of para-hydroxylation sites is 2. The number of nitrogens with one attached hydrogen (secondary N) is 1. The van der Waals surface area contributed by atoms with Gasteiger partial charge in [0.05, 0.1) is 10.6 Å². The van der Waals surface area contributed by atoms with E-state index in [1.807, 2.05) is 24.9 Å². The fourth-order valence-corrected chi connectivity index (χ4v) is 2.09. The minimum absolute atomic E-state index is 0.118. The largest absolute Gasteiger partial charge is 0.361 e. The van der Waals surface area contributed by atoms with Gasteiger partial charge < -0.3 is 9.84 Å². The molecule has 0 saturated carbocycles. The fraction of sp³-hybridized carbons (Fsp3) is 0.333. The van der Waals surface area contributed by atoms with Gasteiger partial charge in [-0.05, 0) is 20.0 Å². The van der Waals surface area contributed by atoms with Crippen LogP contribution in [-0.4, -0.2) is 34.5 Å². The van der Waals surface area contributed by atoms with Crippen LogP contribution < -0.4 is 5.32 Å². The summed E-state index contributed by atoms with van der Waals surface area (Å²) in [4.78, 5) is 24.3. The van der Waals surface area contributed by atoms with Crippen molar-refractivity contribution in [3.05, 3.63) is 51.9 Å².